The van der Waals surface area contributed by atoms with Crippen molar-refractivity contribution in [2.24, 2.45) is 0 Å². The molecule has 11 heteroatoms. The summed E-state index contributed by atoms with van der Waals surface area (Å²) in [5.74, 6) is -0.781. The minimum atomic E-state index is -4.35. The van der Waals surface area contributed by atoms with Crippen LogP contribution in [-0.4, -0.2) is 58.0 Å². The quantitative estimate of drug-likeness (QED) is 0.178. The van der Waals surface area contributed by atoms with Crippen molar-refractivity contribution in [2.45, 2.75) is 50.2 Å². The van der Waals surface area contributed by atoms with E-state index in [1.165, 1.54) is 67.7 Å². The summed E-state index contributed by atoms with van der Waals surface area (Å²) in [4.78, 5) is 29.8. The highest BCUT2D eigenvalue weighted by atomic mass is 32.2. The van der Waals surface area contributed by atoms with E-state index in [9.17, 15) is 22.4 Å². The van der Waals surface area contributed by atoms with E-state index in [0.29, 0.717) is 17.7 Å². The molecule has 248 valence electrons. The molecular formula is C36H40FN3O6S. The summed E-state index contributed by atoms with van der Waals surface area (Å²) in [5.41, 5.74) is 1.52. The van der Waals surface area contributed by atoms with Crippen LogP contribution in [0.2, 0.25) is 0 Å². The SMILES string of the molecule is CCC(C)NC(=O)C(Cc1ccccc1)N(Cc1ccc(F)cc1)C(=O)CN(c1ccccc1OC)S(=O)(=O)c1ccc(OC)cc1. The number of nitrogens with zero attached hydrogens (tertiary/aromatic N) is 2. The van der Waals surface area contributed by atoms with Gasteiger partial charge in [-0.1, -0.05) is 61.5 Å². The zero-order chi connectivity index (χ0) is 34.0. The number of rotatable bonds is 15. The Labute approximate surface area is 276 Å². The lowest BCUT2D eigenvalue weighted by molar-refractivity contribution is -0.140. The Morgan fingerprint density at radius 2 is 1.47 bits per heavy atom. The number of para-hydroxylation sites is 2. The second kappa shape index (κ2) is 16.1. The molecule has 1 N–H and O–H groups in total. The zero-order valence-electron chi connectivity index (χ0n) is 26.9. The van der Waals surface area contributed by atoms with E-state index in [-0.39, 0.29) is 41.2 Å². The van der Waals surface area contributed by atoms with Crippen LogP contribution in [-0.2, 0) is 32.6 Å². The molecule has 0 bridgehead atoms. The molecule has 0 saturated heterocycles. The van der Waals surface area contributed by atoms with Crippen LogP contribution in [0.4, 0.5) is 10.1 Å². The molecule has 0 aromatic heterocycles. The Morgan fingerprint density at radius 3 is 2.09 bits per heavy atom. The highest BCUT2D eigenvalue weighted by molar-refractivity contribution is 7.92. The van der Waals surface area contributed by atoms with Crippen LogP contribution in [0.3, 0.4) is 0 Å². The summed E-state index contributed by atoms with van der Waals surface area (Å²) in [6.07, 6.45) is 0.827. The summed E-state index contributed by atoms with van der Waals surface area (Å²) < 4.78 is 54.1. The molecule has 4 aromatic carbocycles. The lowest BCUT2D eigenvalue weighted by Crippen LogP contribution is -2.54. The number of ether oxygens (including phenoxy) is 2. The van der Waals surface area contributed by atoms with Crippen molar-refractivity contribution in [1.82, 2.24) is 10.2 Å². The molecule has 0 fully saturated rings. The molecule has 0 aliphatic rings. The van der Waals surface area contributed by atoms with Gasteiger partial charge in [0.15, 0.2) is 0 Å². The molecule has 0 spiro atoms. The van der Waals surface area contributed by atoms with Gasteiger partial charge >= 0.3 is 0 Å². The summed E-state index contributed by atoms with van der Waals surface area (Å²) in [7, 11) is -1.46. The van der Waals surface area contributed by atoms with Crippen LogP contribution < -0.4 is 19.1 Å². The molecule has 2 atom stereocenters. The highest BCUT2D eigenvalue weighted by Gasteiger charge is 2.35. The van der Waals surface area contributed by atoms with Crippen molar-refractivity contribution in [1.29, 1.82) is 0 Å². The fraction of sp³-hybridized carbons (Fsp3) is 0.278. The van der Waals surface area contributed by atoms with Gasteiger partial charge in [-0.3, -0.25) is 13.9 Å². The van der Waals surface area contributed by atoms with Crippen molar-refractivity contribution >= 4 is 27.5 Å². The third-order valence-electron chi connectivity index (χ3n) is 7.82. The molecule has 4 aromatic rings. The number of carbonyl (C=O) groups is 2. The Balaban J connectivity index is 1.83. The average Bonchev–Trinajstić information content (AvgIpc) is 3.09. The first-order valence-electron chi connectivity index (χ1n) is 15.2. The Morgan fingerprint density at radius 1 is 0.830 bits per heavy atom. The highest BCUT2D eigenvalue weighted by Crippen LogP contribution is 2.33. The second-order valence-corrected chi connectivity index (χ2v) is 12.9. The lowest BCUT2D eigenvalue weighted by atomic mass is 10.0. The maximum absolute atomic E-state index is 14.6. The van der Waals surface area contributed by atoms with Gasteiger partial charge < -0.3 is 19.7 Å². The predicted molar refractivity (Wildman–Crippen MR) is 179 cm³/mol. The first-order valence-corrected chi connectivity index (χ1v) is 16.7. The summed E-state index contributed by atoms with van der Waals surface area (Å²) in [6, 6.07) is 26.0. The largest absolute Gasteiger partial charge is 0.497 e. The van der Waals surface area contributed by atoms with Gasteiger partial charge in [0, 0.05) is 19.0 Å². The molecule has 47 heavy (non-hydrogen) atoms. The van der Waals surface area contributed by atoms with Crippen molar-refractivity contribution in [3.63, 3.8) is 0 Å². The first kappa shape index (κ1) is 35.0. The third-order valence-corrected chi connectivity index (χ3v) is 9.59. The van der Waals surface area contributed by atoms with E-state index in [1.807, 2.05) is 44.2 Å². The zero-order valence-corrected chi connectivity index (χ0v) is 27.7. The number of anilines is 1. The van der Waals surface area contributed by atoms with E-state index in [0.717, 1.165) is 9.87 Å². The number of halogens is 1. The van der Waals surface area contributed by atoms with Gasteiger partial charge in [0.2, 0.25) is 11.8 Å². The molecule has 2 amide bonds. The maximum atomic E-state index is 14.6. The number of hydrogen-bond acceptors (Lipinski definition) is 6. The third kappa shape index (κ3) is 8.88. The molecule has 2 unspecified atom stereocenters. The molecule has 0 heterocycles. The molecule has 0 radical (unpaired) electrons. The standard InChI is InChI=1S/C36H40FN3O6S/c1-5-26(2)38-36(42)33(23-27-11-7-6-8-12-27)39(24-28-15-17-29(37)18-16-28)35(41)25-40(32-13-9-10-14-34(32)46-4)47(43,44)31-21-19-30(45-3)20-22-31/h6-22,26,33H,5,23-25H2,1-4H3,(H,38,42). The van der Waals surface area contributed by atoms with Gasteiger partial charge in [0.05, 0.1) is 24.8 Å². The van der Waals surface area contributed by atoms with Crippen LogP contribution in [0, 0.1) is 5.82 Å². The van der Waals surface area contributed by atoms with E-state index < -0.39 is 34.3 Å². The van der Waals surface area contributed by atoms with Gasteiger partial charge in [-0.25, -0.2) is 12.8 Å². The molecular weight excluding hydrogens is 621 g/mol. The first-order chi connectivity index (χ1) is 22.6. The van der Waals surface area contributed by atoms with Gasteiger partial charge in [-0.2, -0.15) is 0 Å². The topological polar surface area (TPSA) is 105 Å². The van der Waals surface area contributed by atoms with E-state index in [2.05, 4.69) is 5.32 Å². The number of methoxy groups -OCH3 is 2. The fourth-order valence-electron chi connectivity index (χ4n) is 5.01. The van der Waals surface area contributed by atoms with E-state index in [4.69, 9.17) is 9.47 Å². The Hall–Kier alpha value is -4.90. The average molecular weight is 662 g/mol. The molecule has 4 rings (SSSR count). The van der Waals surface area contributed by atoms with Crippen LogP contribution in [0.1, 0.15) is 31.4 Å². The number of nitrogens with one attached hydrogen (secondary N) is 1. The molecule has 0 aliphatic heterocycles. The second-order valence-electron chi connectivity index (χ2n) is 11.0. The number of sulfonamides is 1. The number of carbonyl (C=O) groups excluding carboxylic acids is 2. The predicted octanol–water partition coefficient (Wildman–Crippen LogP) is 5.59. The van der Waals surface area contributed by atoms with Gasteiger partial charge in [0.25, 0.3) is 10.0 Å². The Bertz CT molecular complexity index is 1740. The normalized spacial score (nSPS) is 12.4. The smallest absolute Gasteiger partial charge is 0.264 e. The minimum absolute atomic E-state index is 0.0718. The monoisotopic (exact) mass is 661 g/mol. The van der Waals surface area contributed by atoms with Crippen molar-refractivity contribution < 1.29 is 31.9 Å². The van der Waals surface area contributed by atoms with Gasteiger partial charge in [-0.05, 0) is 73.0 Å². The summed E-state index contributed by atoms with van der Waals surface area (Å²) >= 11 is 0. The number of benzene rings is 4. The van der Waals surface area contributed by atoms with Crippen molar-refractivity contribution in [3.8, 4) is 11.5 Å². The number of amides is 2. The maximum Gasteiger partial charge on any atom is 0.264 e. The molecule has 0 saturated carbocycles. The van der Waals surface area contributed by atoms with Crippen molar-refractivity contribution in [2.75, 3.05) is 25.1 Å². The van der Waals surface area contributed by atoms with Gasteiger partial charge in [0.1, 0.15) is 29.9 Å². The molecule has 0 aliphatic carbocycles. The van der Waals surface area contributed by atoms with Crippen LogP contribution in [0.5, 0.6) is 11.5 Å². The lowest BCUT2D eigenvalue weighted by Gasteiger charge is -2.34. The minimum Gasteiger partial charge on any atom is -0.497 e. The Kier molecular flexibility index (Phi) is 12.0. The molecule has 9 nitrogen and oxygen atoms in total. The van der Waals surface area contributed by atoms with Crippen LogP contribution in [0.25, 0.3) is 0 Å². The van der Waals surface area contributed by atoms with Crippen molar-refractivity contribution in [3.05, 3.63) is 120 Å². The van der Waals surface area contributed by atoms with Crippen LogP contribution >= 0.6 is 0 Å². The number of hydrogen-bond donors (Lipinski definition) is 1. The summed E-state index contributed by atoms with van der Waals surface area (Å²) in [6.45, 7) is 3.08. The van der Waals surface area contributed by atoms with E-state index >= 15 is 0 Å². The fourth-order valence-corrected chi connectivity index (χ4v) is 6.43. The van der Waals surface area contributed by atoms with Gasteiger partial charge in [-0.15, -0.1) is 0 Å². The summed E-state index contributed by atoms with van der Waals surface area (Å²) in [5, 5.41) is 2.99. The van der Waals surface area contributed by atoms with E-state index in [1.54, 1.807) is 24.3 Å². The van der Waals surface area contributed by atoms with Crippen LogP contribution in [0.15, 0.2) is 108 Å².